The average molecular weight is 477 g/mol. The smallest absolute Gasteiger partial charge is 0.329 e. The van der Waals surface area contributed by atoms with Crippen molar-refractivity contribution in [1.82, 2.24) is 10.2 Å². The molecule has 1 N–H and O–H groups in total. The van der Waals surface area contributed by atoms with E-state index >= 15 is 0 Å². The van der Waals surface area contributed by atoms with Crippen LogP contribution in [0.15, 0.2) is 36.4 Å². The number of aryl methyl sites for hydroxylation is 2. The van der Waals surface area contributed by atoms with Gasteiger partial charge >= 0.3 is 5.97 Å². The molecular weight excluding hydrogens is 455 g/mol. The second kappa shape index (κ2) is 10.1. The first-order valence-electron chi connectivity index (χ1n) is 10.0. The minimum Gasteiger partial charge on any atom is -0.462 e. The van der Waals surface area contributed by atoms with Gasteiger partial charge < -0.3 is 10.1 Å². The van der Waals surface area contributed by atoms with Crippen molar-refractivity contribution in [3.8, 4) is 0 Å². The van der Waals surface area contributed by atoms with Gasteiger partial charge in [0, 0.05) is 6.42 Å². The van der Waals surface area contributed by atoms with E-state index in [1.807, 2.05) is 31.2 Å². The van der Waals surface area contributed by atoms with Gasteiger partial charge in [-0.1, -0.05) is 53.0 Å². The highest BCUT2D eigenvalue weighted by Gasteiger charge is 2.42. The Hall–Kier alpha value is -2.90. The standard InChI is InChI=1S/C23H22Cl2N2O5/c1-13-3-5-15(6-4-13)7-8-20(28)26-9-10-32-23(31)14(2)27-21(29)16-11-18(24)19(25)12-17(16)22(27)30/h3-6,11-12,14H,7-10H2,1-2H3,(H,26,28). The highest BCUT2D eigenvalue weighted by atomic mass is 35.5. The van der Waals surface area contributed by atoms with Gasteiger partial charge in [-0.05, 0) is 38.0 Å². The number of esters is 1. The lowest BCUT2D eigenvalue weighted by Crippen LogP contribution is -2.44. The molecule has 3 rings (SSSR count). The Labute approximate surface area is 195 Å². The molecule has 0 saturated heterocycles. The maximum atomic E-state index is 12.6. The molecule has 1 unspecified atom stereocenters. The molecule has 2 aromatic carbocycles. The zero-order valence-corrected chi connectivity index (χ0v) is 19.1. The predicted molar refractivity (Wildman–Crippen MR) is 120 cm³/mol. The van der Waals surface area contributed by atoms with Crippen molar-refractivity contribution in [3.05, 3.63) is 68.7 Å². The summed E-state index contributed by atoms with van der Waals surface area (Å²) in [5.41, 5.74) is 2.40. The summed E-state index contributed by atoms with van der Waals surface area (Å²) in [4.78, 5) is 50.3. The number of hydrogen-bond acceptors (Lipinski definition) is 5. The fourth-order valence-electron chi connectivity index (χ4n) is 3.27. The number of benzene rings is 2. The average Bonchev–Trinajstić information content (AvgIpc) is 3.00. The van der Waals surface area contributed by atoms with E-state index in [1.165, 1.54) is 19.1 Å². The maximum Gasteiger partial charge on any atom is 0.329 e. The third kappa shape index (κ3) is 5.29. The maximum absolute atomic E-state index is 12.6. The van der Waals surface area contributed by atoms with Crippen LogP contribution in [0.2, 0.25) is 10.0 Å². The van der Waals surface area contributed by atoms with E-state index in [0.717, 1.165) is 16.0 Å². The van der Waals surface area contributed by atoms with Gasteiger partial charge in [0.05, 0.1) is 27.7 Å². The van der Waals surface area contributed by atoms with Crippen LogP contribution < -0.4 is 5.32 Å². The first-order valence-corrected chi connectivity index (χ1v) is 10.8. The van der Waals surface area contributed by atoms with Crippen LogP contribution in [0.3, 0.4) is 0 Å². The van der Waals surface area contributed by atoms with Crippen LogP contribution >= 0.6 is 23.2 Å². The molecule has 0 aromatic heterocycles. The van der Waals surface area contributed by atoms with Gasteiger partial charge in [0.1, 0.15) is 12.6 Å². The van der Waals surface area contributed by atoms with Crippen molar-refractivity contribution in [2.45, 2.75) is 32.7 Å². The SMILES string of the molecule is Cc1ccc(CCC(=O)NCCOC(=O)C(C)N2C(=O)c3cc(Cl)c(Cl)cc3C2=O)cc1. The molecule has 7 nitrogen and oxygen atoms in total. The Morgan fingerprint density at radius 1 is 1.03 bits per heavy atom. The molecule has 1 aliphatic rings. The Morgan fingerprint density at radius 3 is 2.16 bits per heavy atom. The minimum atomic E-state index is -1.14. The number of nitrogens with one attached hydrogen (secondary N) is 1. The van der Waals surface area contributed by atoms with Crippen molar-refractivity contribution in [2.75, 3.05) is 13.2 Å². The van der Waals surface area contributed by atoms with E-state index in [-0.39, 0.29) is 40.2 Å². The van der Waals surface area contributed by atoms with Crippen molar-refractivity contribution < 1.29 is 23.9 Å². The van der Waals surface area contributed by atoms with Gasteiger partial charge in [0.2, 0.25) is 5.91 Å². The fourth-order valence-corrected chi connectivity index (χ4v) is 3.60. The molecule has 9 heteroatoms. The highest BCUT2D eigenvalue weighted by Crippen LogP contribution is 2.32. The monoisotopic (exact) mass is 476 g/mol. The molecule has 3 amide bonds. The van der Waals surface area contributed by atoms with Crippen molar-refractivity contribution in [2.24, 2.45) is 0 Å². The lowest BCUT2D eigenvalue weighted by molar-refractivity contribution is -0.147. The Bertz CT molecular complexity index is 1030. The van der Waals surface area contributed by atoms with Crippen molar-refractivity contribution in [1.29, 1.82) is 0 Å². The second-order valence-electron chi connectivity index (χ2n) is 7.47. The van der Waals surface area contributed by atoms with E-state index in [0.29, 0.717) is 12.8 Å². The molecule has 0 fully saturated rings. The van der Waals surface area contributed by atoms with E-state index in [9.17, 15) is 19.2 Å². The van der Waals surface area contributed by atoms with Crippen LogP contribution in [0.4, 0.5) is 0 Å². The molecule has 0 aliphatic carbocycles. The van der Waals surface area contributed by atoms with Crippen LogP contribution in [-0.4, -0.2) is 47.8 Å². The number of ether oxygens (including phenoxy) is 1. The number of fused-ring (bicyclic) bond motifs is 1. The van der Waals surface area contributed by atoms with E-state index in [1.54, 1.807) is 0 Å². The number of carbonyl (C=O) groups excluding carboxylic acids is 4. The summed E-state index contributed by atoms with van der Waals surface area (Å²) in [5, 5.41) is 2.96. The lowest BCUT2D eigenvalue weighted by Gasteiger charge is -2.20. The van der Waals surface area contributed by atoms with E-state index in [4.69, 9.17) is 27.9 Å². The van der Waals surface area contributed by atoms with Gasteiger partial charge in [0.15, 0.2) is 0 Å². The number of hydrogen-bond donors (Lipinski definition) is 1. The molecular formula is C23H22Cl2N2O5. The molecule has 1 aliphatic heterocycles. The van der Waals surface area contributed by atoms with Crippen LogP contribution in [0.5, 0.6) is 0 Å². The molecule has 2 aromatic rings. The molecule has 0 saturated carbocycles. The normalized spacial score (nSPS) is 13.7. The van der Waals surface area contributed by atoms with E-state index in [2.05, 4.69) is 5.32 Å². The van der Waals surface area contributed by atoms with Crippen LogP contribution in [0.1, 0.15) is 45.2 Å². The minimum absolute atomic E-state index is 0.0831. The van der Waals surface area contributed by atoms with Crippen molar-refractivity contribution >= 4 is 46.9 Å². The largest absolute Gasteiger partial charge is 0.462 e. The Kier molecular flexibility index (Phi) is 7.53. The van der Waals surface area contributed by atoms with E-state index < -0.39 is 23.8 Å². The number of halogens is 2. The second-order valence-corrected chi connectivity index (χ2v) is 8.29. The number of nitrogens with zero attached hydrogens (tertiary/aromatic N) is 1. The summed E-state index contributed by atoms with van der Waals surface area (Å²) < 4.78 is 5.13. The Morgan fingerprint density at radius 2 is 1.59 bits per heavy atom. The van der Waals surface area contributed by atoms with Gasteiger partial charge in [0.25, 0.3) is 11.8 Å². The molecule has 0 radical (unpaired) electrons. The van der Waals surface area contributed by atoms with Gasteiger partial charge in [-0.15, -0.1) is 0 Å². The molecule has 32 heavy (non-hydrogen) atoms. The van der Waals surface area contributed by atoms with Gasteiger partial charge in [-0.25, -0.2) is 4.79 Å². The third-order valence-electron chi connectivity index (χ3n) is 5.12. The van der Waals surface area contributed by atoms with Crippen LogP contribution in [0.25, 0.3) is 0 Å². The number of amides is 3. The Balaban J connectivity index is 1.45. The third-order valence-corrected chi connectivity index (χ3v) is 5.84. The molecule has 0 bridgehead atoms. The van der Waals surface area contributed by atoms with Crippen LogP contribution in [0, 0.1) is 6.92 Å². The lowest BCUT2D eigenvalue weighted by atomic mass is 10.1. The summed E-state index contributed by atoms with van der Waals surface area (Å²) >= 11 is 11.9. The number of carbonyl (C=O) groups is 4. The zero-order chi connectivity index (χ0) is 23.4. The number of rotatable bonds is 8. The van der Waals surface area contributed by atoms with Gasteiger partial charge in [-0.2, -0.15) is 0 Å². The molecule has 1 atom stereocenters. The van der Waals surface area contributed by atoms with Crippen LogP contribution in [-0.2, 0) is 20.7 Å². The topological polar surface area (TPSA) is 92.8 Å². The molecule has 1 heterocycles. The van der Waals surface area contributed by atoms with Crippen molar-refractivity contribution in [3.63, 3.8) is 0 Å². The first-order chi connectivity index (χ1) is 15.2. The summed E-state index contributed by atoms with van der Waals surface area (Å²) in [5.74, 6) is -2.20. The highest BCUT2D eigenvalue weighted by molar-refractivity contribution is 6.43. The zero-order valence-electron chi connectivity index (χ0n) is 17.6. The fraction of sp³-hybridized carbons (Fsp3) is 0.304. The predicted octanol–water partition coefficient (Wildman–Crippen LogP) is 3.58. The summed E-state index contributed by atoms with van der Waals surface area (Å²) in [6.45, 7) is 3.43. The molecule has 168 valence electrons. The first kappa shape index (κ1) is 23.8. The quantitative estimate of drug-likeness (QED) is 0.357. The summed E-state index contributed by atoms with van der Waals surface area (Å²) in [7, 11) is 0. The van der Waals surface area contributed by atoms with Gasteiger partial charge in [-0.3, -0.25) is 19.3 Å². The number of imide groups is 1. The summed E-state index contributed by atoms with van der Waals surface area (Å²) in [6, 6.07) is 9.42. The molecule has 0 spiro atoms. The summed E-state index contributed by atoms with van der Waals surface area (Å²) in [6.07, 6.45) is 0.921.